The van der Waals surface area contributed by atoms with Gasteiger partial charge >= 0.3 is 0 Å². The molecule has 7 heteroatoms. The van der Waals surface area contributed by atoms with Crippen molar-refractivity contribution in [2.24, 2.45) is 0 Å². The largest absolute Gasteiger partial charge is 0.368 e. The topological polar surface area (TPSA) is 68.5 Å². The average Bonchev–Trinajstić information content (AvgIpc) is 3.34. The zero-order valence-corrected chi connectivity index (χ0v) is 13.9. The van der Waals surface area contributed by atoms with E-state index in [1.54, 1.807) is 12.1 Å². The van der Waals surface area contributed by atoms with Gasteiger partial charge in [0.25, 0.3) is 5.91 Å². The van der Waals surface area contributed by atoms with Gasteiger partial charge in [-0.2, -0.15) is 4.98 Å². The number of aromatic nitrogens is 2. The molecule has 0 bridgehead atoms. The number of halogens is 1. The van der Waals surface area contributed by atoms with Crippen LogP contribution in [0.3, 0.4) is 0 Å². The first kappa shape index (κ1) is 16.2. The van der Waals surface area contributed by atoms with Crippen LogP contribution in [0.2, 0.25) is 0 Å². The number of carbonyl (C=O) groups excluding carboxylic acids is 1. The van der Waals surface area contributed by atoms with E-state index in [0.29, 0.717) is 30.4 Å². The van der Waals surface area contributed by atoms with E-state index in [9.17, 15) is 9.18 Å². The minimum Gasteiger partial charge on any atom is -0.368 e. The van der Waals surface area contributed by atoms with Crippen LogP contribution >= 0.6 is 0 Å². The Labute approximate surface area is 145 Å². The smallest absolute Gasteiger partial charge is 0.251 e. The van der Waals surface area contributed by atoms with E-state index < -0.39 is 0 Å². The van der Waals surface area contributed by atoms with E-state index in [1.807, 2.05) is 4.90 Å². The van der Waals surface area contributed by atoms with Gasteiger partial charge in [-0.3, -0.25) is 4.79 Å². The predicted octanol–water partition coefficient (Wildman–Crippen LogP) is 2.76. The highest BCUT2D eigenvalue weighted by Gasteiger charge is 2.33. The van der Waals surface area contributed by atoms with Gasteiger partial charge in [0.05, 0.1) is 5.92 Å². The van der Waals surface area contributed by atoms with Crippen LogP contribution in [0, 0.1) is 5.82 Å². The predicted molar refractivity (Wildman–Crippen MR) is 87.2 cm³/mol. The lowest BCUT2D eigenvalue weighted by Crippen LogP contribution is -2.44. The SMILES string of the molecule is O=C([C@@H]1CCCO1)N1CCC[C@@H](c2nc(-c3ccc(F)cc3)no2)C1. The molecule has 1 aromatic heterocycles. The standard InChI is InChI=1S/C18H20FN3O3/c19-14-7-5-12(6-8-14)16-20-17(25-21-16)13-3-1-9-22(11-13)18(23)15-4-2-10-24-15/h5-8,13,15H,1-4,9-11H2/t13-,15+/m1/s1. The summed E-state index contributed by atoms with van der Waals surface area (Å²) in [6, 6.07) is 5.98. The number of likely N-dealkylation sites (tertiary alicyclic amines) is 1. The minimum absolute atomic E-state index is 0.0285. The molecule has 1 aromatic carbocycles. The molecule has 4 rings (SSSR count). The Bertz CT molecular complexity index is 740. The van der Waals surface area contributed by atoms with Crippen molar-refractivity contribution in [3.63, 3.8) is 0 Å². The number of benzene rings is 1. The molecule has 0 N–H and O–H groups in total. The number of piperidine rings is 1. The summed E-state index contributed by atoms with van der Waals surface area (Å²) in [5, 5.41) is 4.00. The summed E-state index contributed by atoms with van der Waals surface area (Å²) >= 11 is 0. The molecule has 0 unspecified atom stereocenters. The van der Waals surface area contributed by atoms with Crippen molar-refractivity contribution in [1.29, 1.82) is 0 Å². The minimum atomic E-state index is -0.303. The lowest BCUT2D eigenvalue weighted by Gasteiger charge is -2.32. The lowest BCUT2D eigenvalue weighted by atomic mass is 9.97. The summed E-state index contributed by atoms with van der Waals surface area (Å²) in [7, 11) is 0. The van der Waals surface area contributed by atoms with E-state index in [2.05, 4.69) is 10.1 Å². The fourth-order valence-electron chi connectivity index (χ4n) is 3.47. The molecular formula is C18H20FN3O3. The van der Waals surface area contributed by atoms with Gasteiger partial charge in [-0.05, 0) is 49.9 Å². The summed E-state index contributed by atoms with van der Waals surface area (Å²) < 4.78 is 24.0. The Balaban J connectivity index is 1.46. The average molecular weight is 345 g/mol. The summed E-state index contributed by atoms with van der Waals surface area (Å²) in [6.45, 7) is 1.98. The maximum Gasteiger partial charge on any atom is 0.251 e. The molecule has 132 valence electrons. The number of hydrogen-bond acceptors (Lipinski definition) is 5. The van der Waals surface area contributed by atoms with E-state index in [4.69, 9.17) is 9.26 Å². The molecule has 6 nitrogen and oxygen atoms in total. The molecule has 1 amide bonds. The molecule has 2 aliphatic heterocycles. The molecule has 0 saturated carbocycles. The summed E-state index contributed by atoms with van der Waals surface area (Å²) in [4.78, 5) is 18.8. The summed E-state index contributed by atoms with van der Waals surface area (Å²) in [5.74, 6) is 0.769. The van der Waals surface area contributed by atoms with E-state index in [1.165, 1.54) is 12.1 Å². The Morgan fingerprint density at radius 3 is 2.80 bits per heavy atom. The molecule has 2 fully saturated rings. The number of rotatable bonds is 3. The number of nitrogens with zero attached hydrogens (tertiary/aromatic N) is 3. The highest BCUT2D eigenvalue weighted by Crippen LogP contribution is 2.29. The van der Waals surface area contributed by atoms with Gasteiger partial charge in [-0.1, -0.05) is 5.16 Å². The first-order valence-electron chi connectivity index (χ1n) is 8.70. The van der Waals surface area contributed by atoms with E-state index in [0.717, 1.165) is 32.2 Å². The first-order chi connectivity index (χ1) is 12.2. The Kier molecular flexibility index (Phi) is 4.48. The fourth-order valence-corrected chi connectivity index (χ4v) is 3.47. The van der Waals surface area contributed by atoms with E-state index in [-0.39, 0.29) is 23.7 Å². The summed E-state index contributed by atoms with van der Waals surface area (Å²) in [6.07, 6.45) is 3.25. The Hall–Kier alpha value is -2.28. The zero-order valence-electron chi connectivity index (χ0n) is 13.9. The van der Waals surface area contributed by atoms with Crippen LogP contribution in [-0.2, 0) is 9.53 Å². The third-order valence-corrected chi connectivity index (χ3v) is 4.83. The third-order valence-electron chi connectivity index (χ3n) is 4.83. The third kappa shape index (κ3) is 3.42. The number of carbonyl (C=O) groups is 1. The van der Waals surface area contributed by atoms with Crippen molar-refractivity contribution >= 4 is 5.91 Å². The van der Waals surface area contributed by atoms with Crippen molar-refractivity contribution in [3.05, 3.63) is 36.0 Å². The van der Waals surface area contributed by atoms with Crippen LogP contribution < -0.4 is 0 Å². The normalized spacial score (nSPS) is 23.8. The molecule has 0 aliphatic carbocycles. The van der Waals surface area contributed by atoms with Crippen molar-refractivity contribution in [1.82, 2.24) is 15.0 Å². The number of hydrogen-bond donors (Lipinski definition) is 0. The Morgan fingerprint density at radius 2 is 2.04 bits per heavy atom. The second-order valence-corrected chi connectivity index (χ2v) is 6.59. The lowest BCUT2D eigenvalue weighted by molar-refractivity contribution is -0.142. The van der Waals surface area contributed by atoms with Crippen LogP contribution in [0.4, 0.5) is 4.39 Å². The van der Waals surface area contributed by atoms with Gasteiger partial charge in [0.15, 0.2) is 0 Å². The van der Waals surface area contributed by atoms with Crippen LogP contribution in [0.5, 0.6) is 0 Å². The molecule has 2 aromatic rings. The maximum absolute atomic E-state index is 13.0. The molecule has 0 radical (unpaired) electrons. The van der Waals surface area contributed by atoms with Crippen LogP contribution in [0.25, 0.3) is 11.4 Å². The second-order valence-electron chi connectivity index (χ2n) is 6.59. The molecule has 2 saturated heterocycles. The molecule has 25 heavy (non-hydrogen) atoms. The van der Waals surface area contributed by atoms with Gasteiger partial charge in [0, 0.05) is 25.3 Å². The van der Waals surface area contributed by atoms with Crippen molar-refractivity contribution in [2.45, 2.75) is 37.7 Å². The monoisotopic (exact) mass is 345 g/mol. The van der Waals surface area contributed by atoms with Crippen molar-refractivity contribution in [3.8, 4) is 11.4 Å². The number of ether oxygens (including phenoxy) is 1. The number of amides is 1. The van der Waals surface area contributed by atoms with Crippen LogP contribution in [-0.4, -0.2) is 46.7 Å². The second kappa shape index (κ2) is 6.92. The van der Waals surface area contributed by atoms with Gasteiger partial charge < -0.3 is 14.2 Å². The van der Waals surface area contributed by atoms with Gasteiger partial charge in [-0.15, -0.1) is 0 Å². The van der Waals surface area contributed by atoms with E-state index >= 15 is 0 Å². The Morgan fingerprint density at radius 1 is 1.20 bits per heavy atom. The highest BCUT2D eigenvalue weighted by molar-refractivity contribution is 5.81. The first-order valence-corrected chi connectivity index (χ1v) is 8.70. The molecular weight excluding hydrogens is 325 g/mol. The van der Waals surface area contributed by atoms with Gasteiger partial charge in [-0.25, -0.2) is 4.39 Å². The van der Waals surface area contributed by atoms with Crippen molar-refractivity contribution < 1.29 is 18.4 Å². The molecule has 0 spiro atoms. The highest BCUT2D eigenvalue weighted by atomic mass is 19.1. The zero-order chi connectivity index (χ0) is 17.2. The van der Waals surface area contributed by atoms with Crippen molar-refractivity contribution in [2.75, 3.05) is 19.7 Å². The maximum atomic E-state index is 13.0. The van der Waals surface area contributed by atoms with Gasteiger partial charge in [0.1, 0.15) is 11.9 Å². The van der Waals surface area contributed by atoms with Crippen LogP contribution in [0.15, 0.2) is 28.8 Å². The summed E-state index contributed by atoms with van der Waals surface area (Å²) in [5.41, 5.74) is 0.708. The fraction of sp³-hybridized carbons (Fsp3) is 0.500. The van der Waals surface area contributed by atoms with Gasteiger partial charge in [0.2, 0.25) is 11.7 Å². The molecule has 2 atom stereocenters. The quantitative estimate of drug-likeness (QED) is 0.856. The molecule has 2 aliphatic rings. The molecule has 3 heterocycles. The van der Waals surface area contributed by atoms with Crippen LogP contribution in [0.1, 0.15) is 37.5 Å².